The largest absolute Gasteiger partial charge is 0.348 e. The summed E-state index contributed by atoms with van der Waals surface area (Å²) in [5.41, 5.74) is 6.08. The van der Waals surface area contributed by atoms with Crippen LogP contribution in [0.1, 0.15) is 91.9 Å². The summed E-state index contributed by atoms with van der Waals surface area (Å²) in [5.74, 6) is -0.961. The molecule has 0 bridgehead atoms. The number of carbonyl (C=O) groups excluding carboxylic acids is 1. The zero-order valence-electron chi connectivity index (χ0n) is 15.9. The van der Waals surface area contributed by atoms with Gasteiger partial charge in [-0.05, 0) is 27.2 Å². The Morgan fingerprint density at radius 2 is 1.30 bits per heavy atom. The van der Waals surface area contributed by atoms with Crippen LogP contribution in [0, 0.1) is 0 Å². The van der Waals surface area contributed by atoms with E-state index in [1.54, 1.807) is 6.92 Å². The fourth-order valence-corrected chi connectivity index (χ4v) is 2.85. The Morgan fingerprint density at radius 1 is 0.870 bits per heavy atom. The molecule has 0 aromatic carbocycles. The molecular weight excluding hydrogens is 290 g/mol. The van der Waals surface area contributed by atoms with Crippen LogP contribution in [0.4, 0.5) is 0 Å². The van der Waals surface area contributed by atoms with Gasteiger partial charge in [-0.25, -0.2) is 0 Å². The van der Waals surface area contributed by atoms with Crippen LogP contribution in [-0.4, -0.2) is 30.8 Å². The molecule has 0 amide bonds. The Bertz CT molecular complexity index is 288. The van der Waals surface area contributed by atoms with Gasteiger partial charge >= 0.3 is 0 Å². The number of Topliss-reactive ketones (excluding diaryl/α,β-unsaturated/α-hetero) is 1. The number of unbranched alkanes of at least 4 members (excludes halogenated alkanes) is 8. The van der Waals surface area contributed by atoms with E-state index in [2.05, 4.69) is 6.92 Å². The average molecular weight is 330 g/mol. The third-order valence-electron chi connectivity index (χ3n) is 4.30. The van der Waals surface area contributed by atoms with Gasteiger partial charge in [-0.15, -0.1) is 0 Å². The van der Waals surface area contributed by atoms with Crippen LogP contribution < -0.4 is 5.73 Å². The van der Waals surface area contributed by atoms with Crippen molar-refractivity contribution in [2.75, 3.05) is 13.2 Å². The lowest BCUT2D eigenvalue weighted by Crippen LogP contribution is -2.54. The number of rotatable bonds is 16. The quantitative estimate of drug-likeness (QED) is 0.332. The molecule has 0 aromatic heterocycles. The first kappa shape index (κ1) is 22.6. The van der Waals surface area contributed by atoms with Gasteiger partial charge in [0.15, 0.2) is 11.6 Å². The van der Waals surface area contributed by atoms with Crippen LogP contribution >= 0.6 is 0 Å². The van der Waals surface area contributed by atoms with Gasteiger partial charge in [0.25, 0.3) is 0 Å². The van der Waals surface area contributed by atoms with Crippen molar-refractivity contribution in [3.63, 3.8) is 0 Å². The highest BCUT2D eigenvalue weighted by Crippen LogP contribution is 2.19. The average Bonchev–Trinajstić information content (AvgIpc) is 2.52. The number of nitrogens with two attached hydrogens (primary N) is 1. The molecule has 0 spiro atoms. The maximum Gasteiger partial charge on any atom is 0.187 e. The van der Waals surface area contributed by atoms with Crippen LogP contribution in [-0.2, 0) is 14.3 Å². The fraction of sp³-hybridized carbons (Fsp3) is 0.947. The number of ether oxygens (including phenoxy) is 2. The highest BCUT2D eigenvalue weighted by Gasteiger charge is 2.37. The van der Waals surface area contributed by atoms with Gasteiger partial charge in [0.05, 0.1) is 0 Å². The lowest BCUT2D eigenvalue weighted by molar-refractivity contribution is -0.230. The molecule has 138 valence electrons. The smallest absolute Gasteiger partial charge is 0.187 e. The topological polar surface area (TPSA) is 61.6 Å². The highest BCUT2D eigenvalue weighted by molar-refractivity contribution is 5.84. The second kappa shape index (κ2) is 13.9. The van der Waals surface area contributed by atoms with Crippen LogP contribution in [0.25, 0.3) is 0 Å². The Hall–Kier alpha value is -0.450. The molecule has 0 saturated carbocycles. The normalized spacial score (nSPS) is 13.3. The van der Waals surface area contributed by atoms with Crippen LogP contribution in [0.3, 0.4) is 0 Å². The Labute approximate surface area is 143 Å². The van der Waals surface area contributed by atoms with E-state index in [0.717, 1.165) is 12.8 Å². The van der Waals surface area contributed by atoms with E-state index in [9.17, 15) is 4.79 Å². The first-order valence-electron chi connectivity index (χ1n) is 9.58. The maximum atomic E-state index is 12.3. The molecule has 0 rings (SSSR count). The molecule has 4 heteroatoms. The molecule has 0 saturated heterocycles. The minimum absolute atomic E-state index is 0.0392. The van der Waals surface area contributed by atoms with E-state index in [1.807, 2.05) is 13.8 Å². The number of hydrogen-bond donors (Lipinski definition) is 1. The van der Waals surface area contributed by atoms with E-state index in [0.29, 0.717) is 19.6 Å². The van der Waals surface area contributed by atoms with Crippen molar-refractivity contribution < 1.29 is 14.3 Å². The molecule has 0 aliphatic rings. The lowest BCUT2D eigenvalue weighted by atomic mass is 9.99. The van der Waals surface area contributed by atoms with Gasteiger partial charge in [-0.1, -0.05) is 58.3 Å². The van der Waals surface area contributed by atoms with Crippen molar-refractivity contribution in [3.8, 4) is 0 Å². The second-order valence-electron chi connectivity index (χ2n) is 6.40. The molecule has 0 heterocycles. The predicted molar refractivity (Wildman–Crippen MR) is 96.5 cm³/mol. The summed E-state index contributed by atoms with van der Waals surface area (Å²) in [5, 5.41) is 0. The summed E-state index contributed by atoms with van der Waals surface area (Å²) in [6, 6.07) is -0.712. The number of carbonyl (C=O) groups is 1. The van der Waals surface area contributed by atoms with E-state index in [4.69, 9.17) is 15.2 Å². The Balaban J connectivity index is 3.87. The van der Waals surface area contributed by atoms with Crippen LogP contribution in [0.5, 0.6) is 0 Å². The van der Waals surface area contributed by atoms with Gasteiger partial charge in [-0.2, -0.15) is 0 Å². The van der Waals surface area contributed by atoms with Gasteiger partial charge in [0.1, 0.15) is 6.04 Å². The molecule has 1 atom stereocenters. The third kappa shape index (κ3) is 10.1. The summed E-state index contributed by atoms with van der Waals surface area (Å²) < 4.78 is 11.2. The summed E-state index contributed by atoms with van der Waals surface area (Å²) in [6.45, 7) is 8.73. The molecule has 23 heavy (non-hydrogen) atoms. The van der Waals surface area contributed by atoms with Crippen molar-refractivity contribution in [2.24, 2.45) is 5.73 Å². The van der Waals surface area contributed by atoms with E-state index in [-0.39, 0.29) is 5.78 Å². The Kier molecular flexibility index (Phi) is 13.7. The van der Waals surface area contributed by atoms with Crippen molar-refractivity contribution in [1.29, 1.82) is 0 Å². The van der Waals surface area contributed by atoms with Gasteiger partial charge in [0, 0.05) is 19.6 Å². The standard InChI is InChI=1S/C19H39NO3/c1-5-8-9-10-11-12-13-14-15-16-17(21)18(20)19(4,22-6-2)23-7-3/h18H,5-16,20H2,1-4H3. The SMILES string of the molecule is CCCCCCCCCCCC(=O)C(N)C(C)(OCC)OCC. The number of ketones is 1. The van der Waals surface area contributed by atoms with E-state index in [1.165, 1.54) is 44.9 Å². The molecule has 4 nitrogen and oxygen atoms in total. The maximum absolute atomic E-state index is 12.3. The molecule has 0 aliphatic carbocycles. The van der Waals surface area contributed by atoms with Gasteiger partial charge in [0.2, 0.25) is 0 Å². The molecular formula is C19H39NO3. The molecule has 0 fully saturated rings. The summed E-state index contributed by atoms with van der Waals surface area (Å²) in [6.07, 6.45) is 11.7. The summed E-state index contributed by atoms with van der Waals surface area (Å²) >= 11 is 0. The Morgan fingerprint density at radius 3 is 1.74 bits per heavy atom. The first-order chi connectivity index (χ1) is 11.0. The van der Waals surface area contributed by atoms with Crippen molar-refractivity contribution in [3.05, 3.63) is 0 Å². The van der Waals surface area contributed by atoms with Crippen LogP contribution in [0.2, 0.25) is 0 Å². The van der Waals surface area contributed by atoms with Crippen LogP contribution in [0.15, 0.2) is 0 Å². The monoisotopic (exact) mass is 329 g/mol. The third-order valence-corrected chi connectivity index (χ3v) is 4.30. The minimum Gasteiger partial charge on any atom is -0.348 e. The molecule has 1 unspecified atom stereocenters. The fourth-order valence-electron chi connectivity index (χ4n) is 2.85. The van der Waals surface area contributed by atoms with Crippen molar-refractivity contribution in [2.45, 2.75) is 104 Å². The van der Waals surface area contributed by atoms with Crippen molar-refractivity contribution in [1.82, 2.24) is 0 Å². The van der Waals surface area contributed by atoms with Gasteiger partial charge < -0.3 is 15.2 Å². The second-order valence-corrected chi connectivity index (χ2v) is 6.40. The van der Waals surface area contributed by atoms with E-state index >= 15 is 0 Å². The molecule has 2 N–H and O–H groups in total. The zero-order valence-corrected chi connectivity index (χ0v) is 15.9. The summed E-state index contributed by atoms with van der Waals surface area (Å²) in [7, 11) is 0. The zero-order chi connectivity index (χ0) is 17.6. The lowest BCUT2D eigenvalue weighted by Gasteiger charge is -2.33. The van der Waals surface area contributed by atoms with E-state index < -0.39 is 11.8 Å². The molecule has 0 aliphatic heterocycles. The molecule has 0 radical (unpaired) electrons. The number of hydrogen-bond acceptors (Lipinski definition) is 4. The minimum atomic E-state index is -1.00. The highest BCUT2D eigenvalue weighted by atomic mass is 16.7. The van der Waals surface area contributed by atoms with Gasteiger partial charge in [-0.3, -0.25) is 4.79 Å². The molecule has 0 aromatic rings. The van der Waals surface area contributed by atoms with Crippen molar-refractivity contribution >= 4 is 5.78 Å². The predicted octanol–water partition coefficient (Wildman–Crippen LogP) is 4.59. The first-order valence-corrected chi connectivity index (χ1v) is 9.58. The summed E-state index contributed by atoms with van der Waals surface area (Å²) in [4.78, 5) is 12.3.